The fourth-order valence-electron chi connectivity index (χ4n) is 1.30. The van der Waals surface area contributed by atoms with E-state index in [0.717, 1.165) is 10.6 Å². The van der Waals surface area contributed by atoms with Gasteiger partial charge in [-0.2, -0.15) is 0 Å². The predicted octanol–water partition coefficient (Wildman–Crippen LogP) is 3.87. The molecule has 15 heavy (non-hydrogen) atoms. The first-order valence-corrected chi connectivity index (χ1v) is 5.57. The number of rotatable bonds is 2. The molecule has 0 aliphatic rings. The van der Waals surface area contributed by atoms with Gasteiger partial charge in [-0.3, -0.25) is 0 Å². The van der Waals surface area contributed by atoms with Gasteiger partial charge in [0.2, 0.25) is 0 Å². The van der Waals surface area contributed by atoms with Gasteiger partial charge in [0, 0.05) is 9.90 Å². The second-order valence-electron chi connectivity index (χ2n) is 3.04. The first-order chi connectivity index (χ1) is 6.77. The average Bonchev–Trinajstić information content (AvgIpc) is 2.71. The molecule has 2 rings (SSSR count). The van der Waals surface area contributed by atoms with E-state index in [4.69, 9.17) is 17.3 Å². The third kappa shape index (κ3) is 2.95. The second kappa shape index (κ2) is 5.52. The first kappa shape index (κ1) is 12.5. The highest BCUT2D eigenvalue weighted by molar-refractivity contribution is 7.10. The first-order valence-electron chi connectivity index (χ1n) is 4.32. The van der Waals surface area contributed by atoms with Crippen LogP contribution in [0.2, 0.25) is 5.02 Å². The molecule has 0 unspecified atom stereocenters. The Morgan fingerprint density at radius 1 is 1.13 bits per heavy atom. The zero-order chi connectivity index (χ0) is 9.97. The van der Waals surface area contributed by atoms with Crippen LogP contribution < -0.4 is 5.73 Å². The second-order valence-corrected chi connectivity index (χ2v) is 4.46. The van der Waals surface area contributed by atoms with Crippen LogP contribution in [0, 0.1) is 0 Å². The molecule has 1 aromatic carbocycles. The average molecular weight is 260 g/mol. The van der Waals surface area contributed by atoms with E-state index >= 15 is 0 Å². The molecule has 1 nitrogen and oxygen atoms in total. The molecule has 2 N–H and O–H groups in total. The van der Waals surface area contributed by atoms with Crippen LogP contribution in [0.25, 0.3) is 0 Å². The number of thiophene rings is 1. The molecular formula is C11H11Cl2NS. The number of nitrogens with two attached hydrogens (primary N) is 1. The number of halogens is 2. The van der Waals surface area contributed by atoms with Gasteiger partial charge in [0.15, 0.2) is 0 Å². The van der Waals surface area contributed by atoms with Gasteiger partial charge in [0.25, 0.3) is 0 Å². The Hall–Kier alpha value is -0.540. The Labute approximate surface area is 104 Å². The van der Waals surface area contributed by atoms with E-state index < -0.39 is 0 Å². The smallest absolute Gasteiger partial charge is 0.0646 e. The van der Waals surface area contributed by atoms with Gasteiger partial charge in [-0.25, -0.2) is 0 Å². The normalized spacial score (nSPS) is 11.9. The van der Waals surface area contributed by atoms with Crippen molar-refractivity contribution in [3.63, 3.8) is 0 Å². The molecule has 0 amide bonds. The molecule has 4 heteroatoms. The van der Waals surface area contributed by atoms with Crippen LogP contribution in [0.4, 0.5) is 0 Å². The Morgan fingerprint density at radius 3 is 2.33 bits per heavy atom. The van der Waals surface area contributed by atoms with Crippen LogP contribution >= 0.6 is 35.3 Å². The minimum Gasteiger partial charge on any atom is -0.320 e. The quantitative estimate of drug-likeness (QED) is 0.871. The molecule has 1 aromatic heterocycles. The van der Waals surface area contributed by atoms with Gasteiger partial charge in [-0.05, 0) is 29.1 Å². The minimum absolute atomic E-state index is 0. The van der Waals surface area contributed by atoms with Crippen molar-refractivity contribution < 1.29 is 0 Å². The van der Waals surface area contributed by atoms with Gasteiger partial charge in [-0.15, -0.1) is 23.7 Å². The van der Waals surface area contributed by atoms with Gasteiger partial charge in [0.1, 0.15) is 0 Å². The molecule has 0 bridgehead atoms. The lowest BCUT2D eigenvalue weighted by atomic mass is 10.1. The molecule has 0 saturated heterocycles. The summed E-state index contributed by atoms with van der Waals surface area (Å²) in [5.74, 6) is 0. The fourth-order valence-corrected chi connectivity index (χ4v) is 2.18. The maximum atomic E-state index is 6.08. The van der Waals surface area contributed by atoms with Crippen molar-refractivity contribution in [1.82, 2.24) is 0 Å². The van der Waals surface area contributed by atoms with Crippen LogP contribution in [-0.4, -0.2) is 0 Å². The zero-order valence-corrected chi connectivity index (χ0v) is 10.3. The lowest BCUT2D eigenvalue weighted by Gasteiger charge is -2.09. The van der Waals surface area contributed by atoms with Crippen molar-refractivity contribution in [3.05, 3.63) is 57.2 Å². The van der Waals surface area contributed by atoms with Crippen molar-refractivity contribution in [2.75, 3.05) is 0 Å². The summed E-state index contributed by atoms with van der Waals surface area (Å²) < 4.78 is 0. The molecule has 0 fully saturated rings. The highest BCUT2D eigenvalue weighted by Gasteiger charge is 2.08. The third-order valence-corrected chi connectivity index (χ3v) is 3.29. The largest absolute Gasteiger partial charge is 0.320 e. The van der Waals surface area contributed by atoms with Crippen LogP contribution in [0.1, 0.15) is 16.5 Å². The van der Waals surface area contributed by atoms with Crippen LogP contribution in [0.15, 0.2) is 41.8 Å². The van der Waals surface area contributed by atoms with E-state index in [1.165, 1.54) is 4.88 Å². The lowest BCUT2D eigenvalue weighted by molar-refractivity contribution is 0.894. The Balaban J connectivity index is 0.00000112. The van der Waals surface area contributed by atoms with Gasteiger partial charge >= 0.3 is 0 Å². The van der Waals surface area contributed by atoms with Crippen molar-refractivity contribution in [3.8, 4) is 0 Å². The molecule has 0 radical (unpaired) electrons. The van der Waals surface area contributed by atoms with Crippen LogP contribution in [0.3, 0.4) is 0 Å². The van der Waals surface area contributed by atoms with Gasteiger partial charge < -0.3 is 5.73 Å². The van der Waals surface area contributed by atoms with Gasteiger partial charge in [0.05, 0.1) is 6.04 Å². The van der Waals surface area contributed by atoms with E-state index in [1.807, 2.05) is 41.8 Å². The summed E-state index contributed by atoms with van der Waals surface area (Å²) in [5, 5.41) is 2.78. The van der Waals surface area contributed by atoms with E-state index in [-0.39, 0.29) is 18.4 Å². The molecule has 1 heterocycles. The Bertz CT molecular complexity index is 397. The topological polar surface area (TPSA) is 26.0 Å². The maximum absolute atomic E-state index is 6.08. The number of hydrogen-bond acceptors (Lipinski definition) is 2. The van der Waals surface area contributed by atoms with Crippen LogP contribution in [-0.2, 0) is 0 Å². The van der Waals surface area contributed by atoms with E-state index in [1.54, 1.807) is 11.3 Å². The van der Waals surface area contributed by atoms with Crippen LogP contribution in [0.5, 0.6) is 0 Å². The van der Waals surface area contributed by atoms with E-state index in [9.17, 15) is 0 Å². The SMILES string of the molecule is Cl.N[C@H](c1ccc(Cl)cc1)c1cccs1. The standard InChI is InChI=1S/C11H10ClNS.ClH/c12-9-5-3-8(4-6-9)11(13)10-2-1-7-14-10;/h1-7,11H,13H2;1H/t11-;/m1./s1. The molecule has 0 spiro atoms. The molecule has 0 aliphatic heterocycles. The van der Waals surface area contributed by atoms with Crippen molar-refractivity contribution in [1.29, 1.82) is 0 Å². The number of benzene rings is 1. The highest BCUT2D eigenvalue weighted by Crippen LogP contribution is 2.24. The summed E-state index contributed by atoms with van der Waals surface area (Å²) >= 11 is 7.48. The van der Waals surface area contributed by atoms with Gasteiger partial charge in [-0.1, -0.05) is 29.8 Å². The molecule has 2 aromatic rings. The predicted molar refractivity (Wildman–Crippen MR) is 69.0 cm³/mol. The summed E-state index contributed by atoms with van der Waals surface area (Å²) in [6.07, 6.45) is 0. The zero-order valence-electron chi connectivity index (χ0n) is 7.89. The summed E-state index contributed by atoms with van der Waals surface area (Å²) in [5.41, 5.74) is 7.17. The van der Waals surface area contributed by atoms with Crippen molar-refractivity contribution in [2.45, 2.75) is 6.04 Å². The van der Waals surface area contributed by atoms with Crippen molar-refractivity contribution in [2.24, 2.45) is 5.73 Å². The minimum atomic E-state index is -0.0349. The molecule has 0 aliphatic carbocycles. The summed E-state index contributed by atoms with van der Waals surface area (Å²) in [4.78, 5) is 1.17. The fraction of sp³-hybridized carbons (Fsp3) is 0.0909. The number of hydrogen-bond donors (Lipinski definition) is 1. The maximum Gasteiger partial charge on any atom is 0.0646 e. The van der Waals surface area contributed by atoms with Crippen molar-refractivity contribution >= 4 is 35.3 Å². The highest BCUT2D eigenvalue weighted by atomic mass is 35.5. The lowest BCUT2D eigenvalue weighted by Crippen LogP contribution is -2.09. The molecule has 1 atom stereocenters. The summed E-state index contributed by atoms with van der Waals surface area (Å²) in [7, 11) is 0. The van der Waals surface area contributed by atoms with E-state index in [2.05, 4.69) is 0 Å². The molecular weight excluding hydrogens is 249 g/mol. The summed E-state index contributed by atoms with van der Waals surface area (Å²) in [6, 6.07) is 11.7. The molecule has 0 saturated carbocycles. The molecule has 80 valence electrons. The van der Waals surface area contributed by atoms with E-state index in [0.29, 0.717) is 0 Å². The third-order valence-electron chi connectivity index (χ3n) is 2.08. The summed E-state index contributed by atoms with van der Waals surface area (Å²) in [6.45, 7) is 0. The monoisotopic (exact) mass is 259 g/mol. The Morgan fingerprint density at radius 2 is 1.80 bits per heavy atom. The Kier molecular flexibility index (Phi) is 4.61.